The van der Waals surface area contributed by atoms with Gasteiger partial charge in [0.1, 0.15) is 0 Å². The van der Waals surface area contributed by atoms with Crippen molar-refractivity contribution < 1.29 is 36.3 Å². The van der Waals surface area contributed by atoms with Crippen molar-refractivity contribution >= 4 is 21.9 Å². The third-order valence-electron chi connectivity index (χ3n) is 5.63. The normalized spacial score (nSPS) is 17.8. The number of carboxylic acids is 1. The van der Waals surface area contributed by atoms with E-state index in [-0.39, 0.29) is 24.2 Å². The fraction of sp³-hybridized carbons (Fsp3) is 0.619. The zero-order valence-corrected chi connectivity index (χ0v) is 19.3. The molecule has 12 heteroatoms. The Morgan fingerprint density at radius 1 is 1.12 bits per heavy atom. The van der Waals surface area contributed by atoms with Crippen molar-refractivity contribution in [2.45, 2.75) is 44.8 Å². The summed E-state index contributed by atoms with van der Waals surface area (Å²) in [6.07, 6.45) is -0.948. The first kappa shape index (κ1) is 27.1. The number of aliphatic carboxylic acids is 1. The van der Waals surface area contributed by atoms with Crippen LogP contribution < -0.4 is 5.32 Å². The van der Waals surface area contributed by atoms with E-state index < -0.39 is 22.2 Å². The topological polar surface area (TPSA) is 107 Å². The van der Waals surface area contributed by atoms with Crippen LogP contribution in [-0.4, -0.2) is 85.3 Å². The summed E-state index contributed by atoms with van der Waals surface area (Å²) in [6.45, 7) is 4.66. The van der Waals surface area contributed by atoms with Gasteiger partial charge in [-0.3, -0.25) is 4.79 Å². The van der Waals surface area contributed by atoms with Crippen molar-refractivity contribution in [2.24, 2.45) is 0 Å². The summed E-state index contributed by atoms with van der Waals surface area (Å²) >= 11 is 0. The highest BCUT2D eigenvalue weighted by Gasteiger charge is 2.38. The summed E-state index contributed by atoms with van der Waals surface area (Å²) in [7, 11) is -3.33. The number of benzene rings is 1. The number of carbonyl (C=O) groups excluding carboxylic acids is 1. The number of alkyl halides is 3. The van der Waals surface area contributed by atoms with Gasteiger partial charge in [0.2, 0.25) is 10.0 Å². The first-order valence-corrected chi connectivity index (χ1v) is 12.4. The number of amides is 1. The molecule has 1 aliphatic heterocycles. The van der Waals surface area contributed by atoms with E-state index in [1.165, 1.54) is 0 Å². The maximum atomic E-state index is 13.0. The Labute approximate surface area is 191 Å². The number of nitrogens with one attached hydrogen (secondary N) is 1. The van der Waals surface area contributed by atoms with Gasteiger partial charge in [-0.25, -0.2) is 13.2 Å². The van der Waals surface area contributed by atoms with E-state index in [0.717, 1.165) is 31.2 Å². The first-order chi connectivity index (χ1) is 15.4. The van der Waals surface area contributed by atoms with E-state index in [4.69, 9.17) is 9.90 Å². The molecule has 33 heavy (non-hydrogen) atoms. The number of carboxylic acid groups (broad SMARTS) is 1. The number of aryl methyl sites for hydroxylation is 1. The van der Waals surface area contributed by atoms with Crippen molar-refractivity contribution in [3.8, 4) is 0 Å². The third kappa shape index (κ3) is 8.27. The van der Waals surface area contributed by atoms with E-state index >= 15 is 0 Å². The van der Waals surface area contributed by atoms with Crippen LogP contribution in [-0.2, 0) is 14.8 Å². The predicted molar refractivity (Wildman–Crippen MR) is 116 cm³/mol. The number of carbonyl (C=O) groups is 2. The Balaban J connectivity index is 0.000000479. The van der Waals surface area contributed by atoms with Crippen molar-refractivity contribution in [1.82, 2.24) is 14.5 Å². The van der Waals surface area contributed by atoms with Gasteiger partial charge in [0.05, 0.1) is 5.75 Å². The van der Waals surface area contributed by atoms with Crippen molar-refractivity contribution in [1.29, 1.82) is 0 Å². The molecule has 1 amide bonds. The van der Waals surface area contributed by atoms with Crippen LogP contribution in [0.3, 0.4) is 0 Å². The molecule has 1 aromatic carbocycles. The highest BCUT2D eigenvalue weighted by molar-refractivity contribution is 7.89. The zero-order chi connectivity index (χ0) is 24.6. The molecule has 8 nitrogen and oxygen atoms in total. The summed E-state index contributed by atoms with van der Waals surface area (Å²) in [4.78, 5) is 23.7. The molecular formula is C21H30F3N3O5S. The van der Waals surface area contributed by atoms with E-state index in [0.29, 0.717) is 31.7 Å². The quantitative estimate of drug-likeness (QED) is 0.630. The van der Waals surface area contributed by atoms with Crippen LogP contribution in [0.4, 0.5) is 13.2 Å². The van der Waals surface area contributed by atoms with Crippen LogP contribution in [0.25, 0.3) is 0 Å². The lowest BCUT2D eigenvalue weighted by molar-refractivity contribution is -0.192. The highest BCUT2D eigenvalue weighted by atomic mass is 32.2. The van der Waals surface area contributed by atoms with Crippen molar-refractivity contribution in [3.05, 3.63) is 35.4 Å². The monoisotopic (exact) mass is 493 g/mol. The molecule has 0 radical (unpaired) electrons. The standard InChI is InChI=1S/C19H29N3O3S.C2HF3O2/c1-16-6-8-17(9-7-16)19(23)22(18-4-2-3-5-18)14-15-26(24,25)21-12-10-20-11-13-21;3-2(4,5)1(6)7/h6-9,18,20H,2-5,10-15H2,1H3;(H,6,7). The average Bonchev–Trinajstić information content (AvgIpc) is 3.29. The van der Waals surface area contributed by atoms with Crippen LogP contribution >= 0.6 is 0 Å². The molecule has 1 saturated carbocycles. The van der Waals surface area contributed by atoms with Gasteiger partial charge in [-0.1, -0.05) is 30.5 Å². The molecule has 0 bridgehead atoms. The number of piperazine rings is 1. The molecule has 1 aliphatic carbocycles. The lowest BCUT2D eigenvalue weighted by atomic mass is 10.1. The Kier molecular flexibility index (Phi) is 9.68. The molecule has 1 heterocycles. The van der Waals surface area contributed by atoms with E-state index in [1.54, 1.807) is 9.21 Å². The maximum absolute atomic E-state index is 13.0. The summed E-state index contributed by atoms with van der Waals surface area (Å²) in [5.41, 5.74) is 1.75. The molecule has 2 N–H and O–H groups in total. The lowest BCUT2D eigenvalue weighted by Gasteiger charge is -2.31. The van der Waals surface area contributed by atoms with Crippen molar-refractivity contribution in [3.63, 3.8) is 0 Å². The number of halogens is 3. The van der Waals surface area contributed by atoms with Crippen LogP contribution in [0.5, 0.6) is 0 Å². The molecule has 0 unspecified atom stereocenters. The van der Waals surface area contributed by atoms with Crippen LogP contribution in [0, 0.1) is 6.92 Å². The van der Waals surface area contributed by atoms with Crippen LogP contribution in [0.15, 0.2) is 24.3 Å². The number of hydrogen-bond acceptors (Lipinski definition) is 5. The highest BCUT2D eigenvalue weighted by Crippen LogP contribution is 2.25. The Hall–Kier alpha value is -2.18. The second kappa shape index (κ2) is 11.8. The number of sulfonamides is 1. The van der Waals surface area contributed by atoms with Gasteiger partial charge in [0.15, 0.2) is 0 Å². The maximum Gasteiger partial charge on any atom is 0.490 e. The molecule has 2 fully saturated rings. The average molecular weight is 494 g/mol. The summed E-state index contributed by atoms with van der Waals surface area (Å²) in [5, 5.41) is 10.3. The minimum absolute atomic E-state index is 0.00109. The zero-order valence-electron chi connectivity index (χ0n) is 18.5. The lowest BCUT2D eigenvalue weighted by Crippen LogP contribution is -2.49. The smallest absolute Gasteiger partial charge is 0.475 e. The minimum Gasteiger partial charge on any atom is -0.475 e. The molecule has 0 atom stereocenters. The second-order valence-electron chi connectivity index (χ2n) is 8.07. The van der Waals surface area contributed by atoms with Gasteiger partial charge in [0.25, 0.3) is 5.91 Å². The fourth-order valence-electron chi connectivity index (χ4n) is 3.79. The Morgan fingerprint density at radius 3 is 2.12 bits per heavy atom. The van der Waals surface area contributed by atoms with Crippen LogP contribution in [0.2, 0.25) is 0 Å². The van der Waals surface area contributed by atoms with Gasteiger partial charge in [0, 0.05) is 44.3 Å². The minimum atomic E-state index is -5.08. The SMILES string of the molecule is Cc1ccc(C(=O)N(CCS(=O)(=O)N2CCNCC2)C2CCCC2)cc1.O=C(O)C(F)(F)F. The number of hydrogen-bond donors (Lipinski definition) is 2. The number of rotatable bonds is 6. The van der Waals surface area contributed by atoms with E-state index in [9.17, 15) is 26.4 Å². The van der Waals surface area contributed by atoms with E-state index in [1.807, 2.05) is 31.2 Å². The molecule has 1 saturated heterocycles. The fourth-order valence-corrected chi connectivity index (χ4v) is 5.22. The van der Waals surface area contributed by atoms with Gasteiger partial charge in [-0.2, -0.15) is 17.5 Å². The van der Waals surface area contributed by atoms with Crippen molar-refractivity contribution in [2.75, 3.05) is 38.5 Å². The molecular weight excluding hydrogens is 463 g/mol. The second-order valence-corrected chi connectivity index (χ2v) is 10.2. The Bertz CT molecular complexity index is 895. The van der Waals surface area contributed by atoms with Gasteiger partial charge in [-0.05, 0) is 31.9 Å². The van der Waals surface area contributed by atoms with Gasteiger partial charge in [-0.15, -0.1) is 0 Å². The number of nitrogens with zero attached hydrogens (tertiary/aromatic N) is 2. The molecule has 3 rings (SSSR count). The summed E-state index contributed by atoms with van der Waals surface area (Å²) < 4.78 is 58.6. The third-order valence-corrected chi connectivity index (χ3v) is 7.48. The van der Waals surface area contributed by atoms with E-state index in [2.05, 4.69) is 5.32 Å². The molecule has 0 spiro atoms. The van der Waals surface area contributed by atoms with Gasteiger partial charge < -0.3 is 15.3 Å². The predicted octanol–water partition coefficient (Wildman–Crippen LogP) is 2.25. The molecule has 0 aromatic heterocycles. The summed E-state index contributed by atoms with van der Waals surface area (Å²) in [5.74, 6) is -2.80. The molecule has 2 aliphatic rings. The Morgan fingerprint density at radius 2 is 1.64 bits per heavy atom. The molecule has 1 aromatic rings. The van der Waals surface area contributed by atoms with Gasteiger partial charge >= 0.3 is 12.1 Å². The molecule has 186 valence electrons. The largest absolute Gasteiger partial charge is 0.490 e. The first-order valence-electron chi connectivity index (χ1n) is 10.8. The van der Waals surface area contributed by atoms with Crippen LogP contribution in [0.1, 0.15) is 41.6 Å². The summed E-state index contributed by atoms with van der Waals surface area (Å²) in [6, 6.07) is 7.69.